The molecule has 0 fully saturated rings. The maximum absolute atomic E-state index is 11.2. The lowest BCUT2D eigenvalue weighted by atomic mass is 9.91. The van der Waals surface area contributed by atoms with E-state index >= 15 is 0 Å². The van der Waals surface area contributed by atoms with Crippen molar-refractivity contribution in [1.82, 2.24) is 5.32 Å². The standard InChI is InChI=1S/C15H11Cl2N5O4/c16-9-5-8-1-3-11(17)15(14(8)18-7-9)20-19-12-4-2-10(21(23)24)6-13(12)22(25)26/h2-7,14,18-19H,1H2. The molecule has 134 valence electrons. The van der Waals surface area contributed by atoms with E-state index in [4.69, 9.17) is 23.2 Å². The van der Waals surface area contributed by atoms with E-state index in [1.807, 2.05) is 0 Å². The van der Waals surface area contributed by atoms with Crippen molar-refractivity contribution in [2.45, 2.75) is 12.5 Å². The summed E-state index contributed by atoms with van der Waals surface area (Å²) in [6.07, 6.45) is 5.75. The van der Waals surface area contributed by atoms with Crippen LogP contribution in [0.5, 0.6) is 0 Å². The first-order chi connectivity index (χ1) is 12.4. The zero-order valence-corrected chi connectivity index (χ0v) is 14.5. The quantitative estimate of drug-likeness (QED) is 0.590. The van der Waals surface area contributed by atoms with Gasteiger partial charge in [-0.25, -0.2) is 0 Å². The second-order valence-electron chi connectivity index (χ2n) is 5.43. The molecule has 0 aromatic heterocycles. The van der Waals surface area contributed by atoms with E-state index in [1.165, 1.54) is 6.07 Å². The molecular weight excluding hydrogens is 385 g/mol. The largest absolute Gasteiger partial charge is 0.378 e. The Morgan fingerprint density at radius 1 is 1.23 bits per heavy atom. The number of nitro benzene ring substituents is 2. The normalized spacial score (nSPS) is 20.3. The lowest BCUT2D eigenvalue weighted by Crippen LogP contribution is -2.39. The molecule has 0 amide bonds. The Labute approximate surface area is 157 Å². The van der Waals surface area contributed by atoms with E-state index < -0.39 is 15.5 Å². The van der Waals surface area contributed by atoms with Gasteiger partial charge in [0, 0.05) is 12.3 Å². The van der Waals surface area contributed by atoms with Crippen molar-refractivity contribution in [2.75, 3.05) is 5.43 Å². The first-order valence-corrected chi connectivity index (χ1v) is 8.07. The van der Waals surface area contributed by atoms with Crippen LogP contribution in [0.25, 0.3) is 0 Å². The minimum atomic E-state index is -0.722. The predicted octanol–water partition coefficient (Wildman–Crippen LogP) is 3.78. The zero-order valence-electron chi connectivity index (χ0n) is 13.0. The minimum Gasteiger partial charge on any atom is -0.378 e. The number of dihydropyridines is 1. The third kappa shape index (κ3) is 3.53. The van der Waals surface area contributed by atoms with Gasteiger partial charge in [0.15, 0.2) is 0 Å². The van der Waals surface area contributed by atoms with Crippen molar-refractivity contribution >= 4 is 46.0 Å². The van der Waals surface area contributed by atoms with Crippen molar-refractivity contribution < 1.29 is 9.85 Å². The summed E-state index contributed by atoms with van der Waals surface area (Å²) in [5.74, 6) is 0. The third-order valence-electron chi connectivity index (χ3n) is 3.80. The fourth-order valence-corrected chi connectivity index (χ4v) is 3.00. The van der Waals surface area contributed by atoms with Crippen LogP contribution in [-0.2, 0) is 0 Å². The number of hydrogen-bond acceptors (Lipinski definition) is 7. The number of anilines is 1. The molecule has 1 unspecified atom stereocenters. The average Bonchev–Trinajstić information content (AvgIpc) is 2.60. The molecule has 9 nitrogen and oxygen atoms in total. The Bertz CT molecular complexity index is 923. The molecule has 0 saturated carbocycles. The van der Waals surface area contributed by atoms with Crippen LogP contribution in [0.3, 0.4) is 0 Å². The van der Waals surface area contributed by atoms with Crippen molar-refractivity contribution in [1.29, 1.82) is 0 Å². The van der Waals surface area contributed by atoms with E-state index in [0.29, 0.717) is 22.2 Å². The lowest BCUT2D eigenvalue weighted by Gasteiger charge is -2.28. The number of hydrazone groups is 1. The maximum atomic E-state index is 11.2. The molecule has 2 N–H and O–H groups in total. The second kappa shape index (κ2) is 7.14. The average molecular weight is 396 g/mol. The molecule has 0 radical (unpaired) electrons. The van der Waals surface area contributed by atoms with E-state index in [1.54, 1.807) is 18.4 Å². The molecule has 26 heavy (non-hydrogen) atoms. The van der Waals surface area contributed by atoms with Gasteiger partial charge in [0.25, 0.3) is 5.69 Å². The van der Waals surface area contributed by atoms with Crippen LogP contribution in [-0.4, -0.2) is 21.6 Å². The highest BCUT2D eigenvalue weighted by Gasteiger charge is 2.28. The van der Waals surface area contributed by atoms with Gasteiger partial charge in [-0.15, -0.1) is 0 Å². The first kappa shape index (κ1) is 17.9. The van der Waals surface area contributed by atoms with Crippen molar-refractivity contribution in [2.24, 2.45) is 5.10 Å². The number of hydrogen-bond donors (Lipinski definition) is 2. The molecule has 1 aliphatic heterocycles. The lowest BCUT2D eigenvalue weighted by molar-refractivity contribution is -0.393. The van der Waals surface area contributed by atoms with Crippen LogP contribution >= 0.6 is 23.2 Å². The Hall–Kier alpha value is -2.91. The molecule has 11 heteroatoms. The molecule has 2 aliphatic rings. The van der Waals surface area contributed by atoms with Gasteiger partial charge >= 0.3 is 5.69 Å². The summed E-state index contributed by atoms with van der Waals surface area (Å²) in [6, 6.07) is 2.93. The molecule has 0 spiro atoms. The number of halogens is 2. The fraction of sp³-hybridized carbons (Fsp3) is 0.133. The first-order valence-electron chi connectivity index (χ1n) is 7.31. The Balaban J connectivity index is 1.93. The Morgan fingerprint density at radius 2 is 2.00 bits per heavy atom. The Kier molecular flexibility index (Phi) is 4.92. The number of fused-ring (bicyclic) bond motifs is 1. The van der Waals surface area contributed by atoms with Crippen LogP contribution in [0.2, 0.25) is 0 Å². The van der Waals surface area contributed by atoms with Gasteiger partial charge in [0.1, 0.15) is 11.4 Å². The highest BCUT2D eigenvalue weighted by atomic mass is 35.5. The van der Waals surface area contributed by atoms with Gasteiger partial charge in [0.2, 0.25) is 0 Å². The van der Waals surface area contributed by atoms with Crippen LogP contribution in [0, 0.1) is 20.2 Å². The van der Waals surface area contributed by atoms with E-state index in [0.717, 1.165) is 17.7 Å². The van der Waals surface area contributed by atoms with Crippen LogP contribution < -0.4 is 10.7 Å². The Morgan fingerprint density at radius 3 is 2.69 bits per heavy atom. The summed E-state index contributed by atoms with van der Waals surface area (Å²) in [4.78, 5) is 20.6. The minimum absolute atomic E-state index is 0.0121. The number of nitro groups is 2. The molecule has 3 rings (SSSR count). The molecule has 1 aliphatic carbocycles. The summed E-state index contributed by atoms with van der Waals surface area (Å²) in [5.41, 5.74) is 3.12. The number of rotatable bonds is 4. The highest BCUT2D eigenvalue weighted by molar-refractivity contribution is 6.45. The van der Waals surface area contributed by atoms with Gasteiger partial charge in [0.05, 0.1) is 32.0 Å². The molecule has 1 atom stereocenters. The molecule has 1 heterocycles. The smallest absolute Gasteiger partial charge is 0.301 e. The molecular formula is C15H11Cl2N5O4. The van der Waals surface area contributed by atoms with Crippen molar-refractivity contribution in [3.8, 4) is 0 Å². The second-order valence-corrected chi connectivity index (χ2v) is 6.27. The molecule has 1 aromatic rings. The number of nitrogens with zero attached hydrogens (tertiary/aromatic N) is 3. The van der Waals surface area contributed by atoms with Crippen LogP contribution in [0.15, 0.2) is 57.3 Å². The van der Waals surface area contributed by atoms with Gasteiger partial charge in [-0.1, -0.05) is 29.3 Å². The predicted molar refractivity (Wildman–Crippen MR) is 98.3 cm³/mol. The number of benzene rings is 1. The SMILES string of the molecule is O=[N+]([O-])c1ccc(NN=C2C(Cl)=CCC3=CC(Cl)=CNC32)c([N+](=O)[O-])c1. The fourth-order valence-electron chi connectivity index (χ4n) is 2.57. The molecule has 1 aromatic carbocycles. The summed E-state index contributed by atoms with van der Waals surface area (Å²) in [6.45, 7) is 0. The summed E-state index contributed by atoms with van der Waals surface area (Å²) in [7, 11) is 0. The van der Waals surface area contributed by atoms with E-state index in [-0.39, 0.29) is 17.4 Å². The highest BCUT2D eigenvalue weighted by Crippen LogP contribution is 2.31. The monoisotopic (exact) mass is 395 g/mol. The zero-order chi connectivity index (χ0) is 18.8. The summed E-state index contributed by atoms with van der Waals surface area (Å²) in [5, 5.41) is 30.2. The third-order valence-corrected chi connectivity index (χ3v) is 4.37. The van der Waals surface area contributed by atoms with Crippen molar-refractivity contribution in [3.05, 3.63) is 72.4 Å². The maximum Gasteiger partial charge on any atom is 0.301 e. The van der Waals surface area contributed by atoms with E-state index in [2.05, 4.69) is 15.8 Å². The number of nitrogens with one attached hydrogen (secondary N) is 2. The van der Waals surface area contributed by atoms with Gasteiger partial charge < -0.3 is 5.32 Å². The van der Waals surface area contributed by atoms with Gasteiger partial charge in [-0.05, 0) is 24.1 Å². The van der Waals surface area contributed by atoms with Gasteiger partial charge in [-0.3, -0.25) is 25.7 Å². The number of non-ortho nitro benzene ring substituents is 1. The number of allylic oxidation sites excluding steroid dienone is 3. The van der Waals surface area contributed by atoms with Crippen LogP contribution in [0.1, 0.15) is 6.42 Å². The molecule has 0 saturated heterocycles. The summed E-state index contributed by atoms with van der Waals surface area (Å²) >= 11 is 12.2. The topological polar surface area (TPSA) is 123 Å². The molecule has 0 bridgehead atoms. The van der Waals surface area contributed by atoms with E-state index in [9.17, 15) is 20.2 Å². The summed E-state index contributed by atoms with van der Waals surface area (Å²) < 4.78 is 0. The van der Waals surface area contributed by atoms with Crippen LogP contribution in [0.4, 0.5) is 17.1 Å². The van der Waals surface area contributed by atoms with Crippen molar-refractivity contribution in [3.63, 3.8) is 0 Å². The van der Waals surface area contributed by atoms with Gasteiger partial charge in [-0.2, -0.15) is 5.10 Å².